The van der Waals surface area contributed by atoms with Crippen molar-refractivity contribution in [3.8, 4) is 5.88 Å². The smallest absolute Gasteiger partial charge is 0.449 e. The second-order valence-electron chi connectivity index (χ2n) is 4.36. The number of aromatic amines is 1. The van der Waals surface area contributed by atoms with Gasteiger partial charge >= 0.3 is 6.18 Å². The zero-order chi connectivity index (χ0) is 15.5. The van der Waals surface area contributed by atoms with Crippen molar-refractivity contribution in [1.29, 1.82) is 0 Å². The molecule has 0 saturated carbocycles. The van der Waals surface area contributed by atoms with E-state index in [9.17, 15) is 27.9 Å². The Labute approximate surface area is 112 Å². The summed E-state index contributed by atoms with van der Waals surface area (Å²) in [5.41, 5.74) is -1.31. The molecule has 0 spiro atoms. The maximum absolute atomic E-state index is 12.3. The topological polar surface area (TPSA) is 86.3 Å². The van der Waals surface area contributed by atoms with E-state index in [1.165, 1.54) is 4.90 Å². The highest BCUT2D eigenvalue weighted by molar-refractivity contribution is 5.75. The van der Waals surface area contributed by atoms with Gasteiger partial charge < -0.3 is 15.0 Å². The summed E-state index contributed by atoms with van der Waals surface area (Å²) in [5, 5.41) is 9.38. The number of aromatic hydroxyl groups is 1. The molecule has 6 nitrogen and oxygen atoms in total. The van der Waals surface area contributed by atoms with Crippen LogP contribution in [0.1, 0.15) is 24.2 Å². The summed E-state index contributed by atoms with van der Waals surface area (Å²) in [6.07, 6.45) is -4.53. The van der Waals surface area contributed by atoms with Gasteiger partial charge in [0.15, 0.2) is 0 Å². The van der Waals surface area contributed by atoms with Crippen molar-refractivity contribution in [3.05, 3.63) is 21.7 Å². The minimum Gasteiger partial charge on any atom is -0.493 e. The lowest BCUT2D eigenvalue weighted by molar-refractivity contribution is -0.145. The van der Waals surface area contributed by atoms with Crippen molar-refractivity contribution >= 4 is 5.91 Å². The molecule has 0 radical (unpaired) electrons. The first-order valence-electron chi connectivity index (χ1n) is 5.72. The highest BCUT2D eigenvalue weighted by Crippen LogP contribution is 2.26. The SMILES string of the molecule is CN(C)C(=O)CCCc1c(O)nc(C(F)(F)F)[nH]c1=O. The summed E-state index contributed by atoms with van der Waals surface area (Å²) in [4.78, 5) is 28.6. The molecule has 1 rings (SSSR count). The zero-order valence-corrected chi connectivity index (χ0v) is 10.9. The standard InChI is InChI=1S/C11H14F3N3O3/c1-17(2)7(18)5-3-4-6-8(19)15-10(11(12,13)14)16-9(6)20/h3-5H2,1-2H3,(H2,15,16,19,20). The Morgan fingerprint density at radius 1 is 1.40 bits per heavy atom. The number of aromatic nitrogens is 2. The largest absolute Gasteiger partial charge is 0.493 e. The number of carbonyl (C=O) groups is 1. The summed E-state index contributed by atoms with van der Waals surface area (Å²) in [6, 6.07) is 0. The number of nitrogens with one attached hydrogen (secondary N) is 1. The van der Waals surface area contributed by atoms with Gasteiger partial charge in [0, 0.05) is 20.5 Å². The van der Waals surface area contributed by atoms with Crippen LogP contribution < -0.4 is 5.56 Å². The molecule has 0 aliphatic carbocycles. The van der Waals surface area contributed by atoms with Gasteiger partial charge in [-0.15, -0.1) is 0 Å². The fourth-order valence-corrected chi connectivity index (χ4v) is 1.49. The van der Waals surface area contributed by atoms with E-state index in [-0.39, 0.29) is 30.7 Å². The van der Waals surface area contributed by atoms with Crippen molar-refractivity contribution in [2.24, 2.45) is 0 Å². The number of hydrogen-bond acceptors (Lipinski definition) is 4. The fraction of sp³-hybridized carbons (Fsp3) is 0.545. The van der Waals surface area contributed by atoms with Crippen LogP contribution in [-0.2, 0) is 17.4 Å². The maximum Gasteiger partial charge on any atom is 0.449 e. The van der Waals surface area contributed by atoms with Gasteiger partial charge in [-0.3, -0.25) is 9.59 Å². The molecule has 2 N–H and O–H groups in total. The number of rotatable bonds is 4. The first-order valence-corrected chi connectivity index (χ1v) is 5.72. The van der Waals surface area contributed by atoms with E-state index in [0.29, 0.717) is 0 Å². The Bertz CT molecular complexity index is 552. The third-order valence-corrected chi connectivity index (χ3v) is 2.58. The summed E-state index contributed by atoms with van der Waals surface area (Å²) >= 11 is 0. The predicted octanol–water partition coefficient (Wildman–Crippen LogP) is 0.905. The highest BCUT2D eigenvalue weighted by atomic mass is 19.4. The second-order valence-corrected chi connectivity index (χ2v) is 4.36. The van der Waals surface area contributed by atoms with Crippen LogP contribution in [-0.4, -0.2) is 40.0 Å². The molecule has 0 atom stereocenters. The van der Waals surface area contributed by atoms with E-state index in [1.807, 2.05) is 0 Å². The molecule has 1 aromatic rings. The number of halogens is 3. The minimum atomic E-state index is -4.84. The van der Waals surface area contributed by atoms with Crippen molar-refractivity contribution < 1.29 is 23.1 Å². The lowest BCUT2D eigenvalue weighted by atomic mass is 10.1. The number of amides is 1. The van der Waals surface area contributed by atoms with Gasteiger partial charge in [0.2, 0.25) is 17.6 Å². The molecule has 20 heavy (non-hydrogen) atoms. The lowest BCUT2D eigenvalue weighted by Crippen LogP contribution is -2.23. The molecule has 1 heterocycles. The lowest BCUT2D eigenvalue weighted by Gasteiger charge is -2.10. The molecule has 0 saturated heterocycles. The van der Waals surface area contributed by atoms with Crippen molar-refractivity contribution in [3.63, 3.8) is 0 Å². The molecular formula is C11H14F3N3O3. The molecule has 0 fully saturated rings. The third kappa shape index (κ3) is 3.97. The molecule has 1 aromatic heterocycles. The van der Waals surface area contributed by atoms with Crippen LogP contribution in [0, 0.1) is 0 Å². The number of nitrogens with zero attached hydrogens (tertiary/aromatic N) is 2. The van der Waals surface area contributed by atoms with E-state index >= 15 is 0 Å². The Hall–Kier alpha value is -2.06. The van der Waals surface area contributed by atoms with Gasteiger partial charge in [0.1, 0.15) is 0 Å². The monoisotopic (exact) mass is 293 g/mol. The van der Waals surface area contributed by atoms with Crippen LogP contribution in [0.25, 0.3) is 0 Å². The summed E-state index contributed by atoms with van der Waals surface area (Å²) in [6.45, 7) is 0. The van der Waals surface area contributed by atoms with Gasteiger partial charge in [-0.05, 0) is 12.8 Å². The Morgan fingerprint density at radius 2 is 2.00 bits per heavy atom. The van der Waals surface area contributed by atoms with E-state index < -0.39 is 23.4 Å². The average molecular weight is 293 g/mol. The molecule has 9 heteroatoms. The van der Waals surface area contributed by atoms with Crippen LogP contribution in [0.3, 0.4) is 0 Å². The molecule has 0 unspecified atom stereocenters. The molecule has 0 aliphatic heterocycles. The number of H-pyrrole nitrogens is 1. The van der Waals surface area contributed by atoms with Crippen molar-refractivity contribution in [1.82, 2.24) is 14.9 Å². The quantitative estimate of drug-likeness (QED) is 0.863. The molecule has 112 valence electrons. The predicted molar refractivity (Wildman–Crippen MR) is 63.2 cm³/mol. The van der Waals surface area contributed by atoms with Gasteiger partial charge in [-0.25, -0.2) is 0 Å². The molecular weight excluding hydrogens is 279 g/mol. The summed E-state index contributed by atoms with van der Waals surface area (Å²) in [7, 11) is 3.12. The first-order chi connectivity index (χ1) is 9.12. The van der Waals surface area contributed by atoms with Gasteiger partial charge in [-0.1, -0.05) is 0 Å². The van der Waals surface area contributed by atoms with E-state index in [1.54, 1.807) is 19.1 Å². The number of hydrogen-bond donors (Lipinski definition) is 2. The fourth-order valence-electron chi connectivity index (χ4n) is 1.49. The molecule has 1 amide bonds. The van der Waals surface area contributed by atoms with Crippen LogP contribution in [0.15, 0.2) is 4.79 Å². The molecule has 0 aliphatic rings. The van der Waals surface area contributed by atoms with Crippen LogP contribution in [0.2, 0.25) is 0 Å². The second kappa shape index (κ2) is 5.93. The Kier molecular flexibility index (Phi) is 4.74. The average Bonchev–Trinajstić information content (AvgIpc) is 2.30. The van der Waals surface area contributed by atoms with Gasteiger partial charge in [0.05, 0.1) is 5.56 Å². The van der Waals surface area contributed by atoms with Crippen molar-refractivity contribution in [2.75, 3.05) is 14.1 Å². The molecule has 0 bridgehead atoms. The first kappa shape index (κ1) is 16.0. The van der Waals surface area contributed by atoms with E-state index in [4.69, 9.17) is 0 Å². The van der Waals surface area contributed by atoms with E-state index in [2.05, 4.69) is 4.98 Å². The van der Waals surface area contributed by atoms with Gasteiger partial charge in [0.25, 0.3) is 5.56 Å². The van der Waals surface area contributed by atoms with Crippen LogP contribution in [0.4, 0.5) is 13.2 Å². The Morgan fingerprint density at radius 3 is 2.45 bits per heavy atom. The highest BCUT2D eigenvalue weighted by Gasteiger charge is 2.35. The normalized spacial score (nSPS) is 11.4. The Balaban J connectivity index is 2.83. The summed E-state index contributed by atoms with van der Waals surface area (Å²) < 4.78 is 37.0. The van der Waals surface area contributed by atoms with E-state index in [0.717, 1.165) is 0 Å². The minimum absolute atomic E-state index is 0.0358. The maximum atomic E-state index is 12.3. The number of alkyl halides is 3. The number of carbonyl (C=O) groups excluding carboxylic acids is 1. The van der Waals surface area contributed by atoms with Gasteiger partial charge in [-0.2, -0.15) is 18.2 Å². The zero-order valence-electron chi connectivity index (χ0n) is 10.9. The van der Waals surface area contributed by atoms with Crippen LogP contribution in [0.5, 0.6) is 5.88 Å². The third-order valence-electron chi connectivity index (χ3n) is 2.58. The summed E-state index contributed by atoms with van der Waals surface area (Å²) in [5.74, 6) is -2.69. The van der Waals surface area contributed by atoms with Crippen molar-refractivity contribution in [2.45, 2.75) is 25.4 Å². The molecule has 0 aromatic carbocycles. The van der Waals surface area contributed by atoms with Crippen LogP contribution >= 0.6 is 0 Å².